The predicted octanol–water partition coefficient (Wildman–Crippen LogP) is 1.84. The van der Waals surface area contributed by atoms with Gasteiger partial charge in [-0.1, -0.05) is 0 Å². The standard InChI is InChI=1S/C8H10N2O/c1-2-10-7(9)5-6-3-4-11-8(6)10/h3-5H,2,9H2,1H3. The average Bonchev–Trinajstić information content (AvgIpc) is 2.46. The maximum absolute atomic E-state index is 5.71. The van der Waals surface area contributed by atoms with Gasteiger partial charge in [-0.3, -0.25) is 4.57 Å². The zero-order valence-electron chi connectivity index (χ0n) is 6.37. The van der Waals surface area contributed by atoms with Crippen LogP contribution in [0.25, 0.3) is 11.1 Å². The van der Waals surface area contributed by atoms with Crippen molar-refractivity contribution in [2.75, 3.05) is 5.73 Å². The highest BCUT2D eigenvalue weighted by molar-refractivity contribution is 5.79. The van der Waals surface area contributed by atoms with Gasteiger partial charge in [-0.05, 0) is 19.1 Å². The molecule has 0 atom stereocenters. The molecule has 0 fully saturated rings. The molecular formula is C8H10N2O. The Kier molecular flexibility index (Phi) is 1.18. The number of aromatic nitrogens is 1. The number of rotatable bonds is 1. The molecule has 0 unspecified atom stereocenters. The normalized spacial score (nSPS) is 11.0. The molecule has 0 radical (unpaired) electrons. The van der Waals surface area contributed by atoms with Gasteiger partial charge < -0.3 is 10.2 Å². The Bertz CT molecular complexity index is 372. The van der Waals surface area contributed by atoms with Gasteiger partial charge in [0.15, 0.2) is 0 Å². The van der Waals surface area contributed by atoms with E-state index in [0.29, 0.717) is 0 Å². The van der Waals surface area contributed by atoms with Crippen molar-refractivity contribution in [2.45, 2.75) is 13.5 Å². The summed E-state index contributed by atoms with van der Waals surface area (Å²) in [5.74, 6) is 0.766. The van der Waals surface area contributed by atoms with E-state index in [9.17, 15) is 0 Å². The van der Waals surface area contributed by atoms with Crippen LogP contribution >= 0.6 is 0 Å². The molecule has 0 amide bonds. The lowest BCUT2D eigenvalue weighted by atomic mass is 10.4. The molecule has 2 aromatic heterocycles. The van der Waals surface area contributed by atoms with Crippen LogP contribution in [-0.4, -0.2) is 4.57 Å². The topological polar surface area (TPSA) is 44.1 Å². The van der Waals surface area contributed by atoms with Gasteiger partial charge in [0.1, 0.15) is 5.82 Å². The van der Waals surface area contributed by atoms with E-state index in [4.69, 9.17) is 10.2 Å². The molecule has 2 rings (SSSR count). The summed E-state index contributed by atoms with van der Waals surface area (Å²) in [5.41, 5.74) is 6.58. The largest absolute Gasteiger partial charge is 0.448 e. The molecule has 0 aliphatic carbocycles. The fourth-order valence-electron chi connectivity index (χ4n) is 1.32. The summed E-state index contributed by atoms with van der Waals surface area (Å²) in [4.78, 5) is 0. The summed E-state index contributed by atoms with van der Waals surface area (Å²) in [6.07, 6.45) is 1.68. The van der Waals surface area contributed by atoms with E-state index >= 15 is 0 Å². The first-order chi connectivity index (χ1) is 5.33. The molecule has 2 aromatic rings. The summed E-state index contributed by atoms with van der Waals surface area (Å²) in [5, 5.41) is 1.07. The molecule has 0 aliphatic heterocycles. The second-order valence-corrected chi connectivity index (χ2v) is 2.49. The molecule has 0 saturated heterocycles. The molecule has 58 valence electrons. The Morgan fingerprint density at radius 1 is 1.64 bits per heavy atom. The third-order valence-corrected chi connectivity index (χ3v) is 1.85. The first-order valence-corrected chi connectivity index (χ1v) is 3.65. The van der Waals surface area contributed by atoms with E-state index in [0.717, 1.165) is 23.5 Å². The summed E-state index contributed by atoms with van der Waals surface area (Å²) in [6, 6.07) is 3.83. The van der Waals surface area contributed by atoms with Crippen molar-refractivity contribution in [3.63, 3.8) is 0 Å². The van der Waals surface area contributed by atoms with Crippen LogP contribution in [0.2, 0.25) is 0 Å². The number of furan rings is 1. The molecule has 0 spiro atoms. The minimum atomic E-state index is 0.766. The van der Waals surface area contributed by atoms with Gasteiger partial charge in [-0.25, -0.2) is 0 Å². The van der Waals surface area contributed by atoms with E-state index in [1.165, 1.54) is 0 Å². The molecular weight excluding hydrogens is 140 g/mol. The molecule has 3 nitrogen and oxygen atoms in total. The molecule has 2 heterocycles. The fraction of sp³-hybridized carbons (Fsp3) is 0.250. The van der Waals surface area contributed by atoms with Gasteiger partial charge in [0.2, 0.25) is 5.71 Å². The van der Waals surface area contributed by atoms with E-state index in [1.54, 1.807) is 6.26 Å². The summed E-state index contributed by atoms with van der Waals surface area (Å²) in [7, 11) is 0. The molecule has 0 aliphatic rings. The van der Waals surface area contributed by atoms with Crippen LogP contribution < -0.4 is 5.73 Å². The van der Waals surface area contributed by atoms with Gasteiger partial charge in [0, 0.05) is 11.9 Å². The number of anilines is 1. The molecule has 11 heavy (non-hydrogen) atoms. The van der Waals surface area contributed by atoms with E-state index < -0.39 is 0 Å². The Morgan fingerprint density at radius 2 is 2.45 bits per heavy atom. The lowest BCUT2D eigenvalue weighted by Gasteiger charge is -1.98. The number of fused-ring (bicyclic) bond motifs is 1. The summed E-state index contributed by atoms with van der Waals surface area (Å²) < 4.78 is 7.18. The highest BCUT2D eigenvalue weighted by atomic mass is 16.3. The van der Waals surface area contributed by atoms with Crippen molar-refractivity contribution >= 4 is 16.9 Å². The second kappa shape index (κ2) is 2.05. The van der Waals surface area contributed by atoms with E-state index in [2.05, 4.69) is 0 Å². The summed E-state index contributed by atoms with van der Waals surface area (Å²) in [6.45, 7) is 2.89. The quantitative estimate of drug-likeness (QED) is 0.674. The molecule has 0 bridgehead atoms. The van der Waals surface area contributed by atoms with Crippen molar-refractivity contribution in [2.24, 2.45) is 0 Å². The van der Waals surface area contributed by atoms with Crippen LogP contribution in [-0.2, 0) is 6.54 Å². The van der Waals surface area contributed by atoms with Crippen molar-refractivity contribution in [1.82, 2.24) is 4.57 Å². The van der Waals surface area contributed by atoms with Crippen molar-refractivity contribution < 1.29 is 4.42 Å². The van der Waals surface area contributed by atoms with E-state index in [-0.39, 0.29) is 0 Å². The van der Waals surface area contributed by atoms with E-state index in [1.807, 2.05) is 23.6 Å². The van der Waals surface area contributed by atoms with Crippen LogP contribution in [0.15, 0.2) is 22.8 Å². The van der Waals surface area contributed by atoms with Crippen LogP contribution in [0.5, 0.6) is 0 Å². The third-order valence-electron chi connectivity index (χ3n) is 1.85. The van der Waals surface area contributed by atoms with Crippen LogP contribution in [0.1, 0.15) is 6.92 Å². The fourth-order valence-corrected chi connectivity index (χ4v) is 1.32. The number of nitrogen functional groups attached to an aromatic ring is 1. The van der Waals surface area contributed by atoms with Crippen LogP contribution in [0.4, 0.5) is 5.82 Å². The molecule has 2 N–H and O–H groups in total. The minimum Gasteiger partial charge on any atom is -0.448 e. The Labute approximate surface area is 64.4 Å². The van der Waals surface area contributed by atoms with Crippen molar-refractivity contribution in [3.05, 3.63) is 18.4 Å². The van der Waals surface area contributed by atoms with Gasteiger partial charge in [0.05, 0.1) is 6.26 Å². The van der Waals surface area contributed by atoms with Gasteiger partial charge in [0.25, 0.3) is 0 Å². The Morgan fingerprint density at radius 3 is 3.18 bits per heavy atom. The maximum Gasteiger partial charge on any atom is 0.208 e. The molecule has 0 saturated carbocycles. The van der Waals surface area contributed by atoms with Gasteiger partial charge in [-0.2, -0.15) is 0 Å². The lowest BCUT2D eigenvalue weighted by Crippen LogP contribution is -1.98. The highest BCUT2D eigenvalue weighted by Crippen LogP contribution is 2.21. The zero-order chi connectivity index (χ0) is 7.84. The minimum absolute atomic E-state index is 0.766. The first kappa shape index (κ1) is 6.34. The highest BCUT2D eigenvalue weighted by Gasteiger charge is 2.05. The smallest absolute Gasteiger partial charge is 0.208 e. The van der Waals surface area contributed by atoms with Crippen molar-refractivity contribution in [3.8, 4) is 0 Å². The molecule has 0 aromatic carbocycles. The Hall–Kier alpha value is -1.38. The Balaban J connectivity index is 2.80. The summed E-state index contributed by atoms with van der Waals surface area (Å²) >= 11 is 0. The number of hydrogen-bond donors (Lipinski definition) is 1. The number of nitrogens with zero attached hydrogens (tertiary/aromatic N) is 1. The van der Waals surface area contributed by atoms with Gasteiger partial charge in [-0.15, -0.1) is 0 Å². The first-order valence-electron chi connectivity index (χ1n) is 3.65. The number of nitrogens with two attached hydrogens (primary N) is 1. The average molecular weight is 150 g/mol. The number of aryl methyl sites for hydroxylation is 1. The monoisotopic (exact) mass is 150 g/mol. The zero-order valence-corrected chi connectivity index (χ0v) is 6.37. The second-order valence-electron chi connectivity index (χ2n) is 2.49. The maximum atomic E-state index is 5.71. The predicted molar refractivity (Wildman–Crippen MR) is 44.3 cm³/mol. The van der Waals surface area contributed by atoms with Crippen molar-refractivity contribution in [1.29, 1.82) is 0 Å². The van der Waals surface area contributed by atoms with Gasteiger partial charge >= 0.3 is 0 Å². The van der Waals surface area contributed by atoms with Crippen LogP contribution in [0.3, 0.4) is 0 Å². The lowest BCUT2D eigenvalue weighted by molar-refractivity contribution is 0.573. The number of hydrogen-bond acceptors (Lipinski definition) is 2. The SMILES string of the molecule is CCn1c(N)cc2ccoc21. The molecule has 3 heteroatoms. The third kappa shape index (κ3) is 0.738. The van der Waals surface area contributed by atoms with Crippen LogP contribution in [0, 0.1) is 0 Å².